The van der Waals surface area contributed by atoms with E-state index in [0.29, 0.717) is 6.42 Å². The summed E-state index contributed by atoms with van der Waals surface area (Å²) in [7, 11) is 0. The van der Waals surface area contributed by atoms with Gasteiger partial charge in [0.1, 0.15) is 0 Å². The molecule has 0 saturated heterocycles. The first-order chi connectivity index (χ1) is 15.7. The minimum Gasteiger partial charge on any atom is -0.405 e. The largest absolute Gasteiger partial charge is 0.405 e. The zero-order valence-electron chi connectivity index (χ0n) is 19.1. The first kappa shape index (κ1) is 24.4. The molecule has 6 nitrogen and oxygen atoms in total. The number of fused-ring (bicyclic) bond motifs is 1. The lowest BCUT2D eigenvalue weighted by Gasteiger charge is -2.34. The van der Waals surface area contributed by atoms with E-state index in [9.17, 15) is 8.78 Å². The highest BCUT2D eigenvalue weighted by Gasteiger charge is 2.45. The summed E-state index contributed by atoms with van der Waals surface area (Å²) in [6, 6.07) is 3.90. The lowest BCUT2D eigenvalue weighted by molar-refractivity contribution is -0.109. The quantitative estimate of drug-likeness (QED) is 0.557. The van der Waals surface area contributed by atoms with Crippen molar-refractivity contribution in [2.24, 2.45) is 11.7 Å². The predicted molar refractivity (Wildman–Crippen MR) is 129 cm³/mol. The Labute approximate surface area is 193 Å². The average molecular weight is 455 g/mol. The SMILES string of the molecule is C1CCC1.C=C(c1ccn2ncc(CC3CC(F)(F)C3)c2c1)c1cnc(N)nc1C.C=CN. The Morgan fingerprint density at radius 3 is 2.42 bits per heavy atom. The lowest BCUT2D eigenvalue weighted by Crippen LogP contribution is -2.36. The molecule has 176 valence electrons. The second-order valence-electron chi connectivity index (χ2n) is 8.61. The molecule has 0 atom stereocenters. The molecule has 0 amide bonds. The molecule has 0 bridgehead atoms. The number of alkyl halides is 2. The summed E-state index contributed by atoms with van der Waals surface area (Å²) in [6.07, 6.45) is 13.0. The van der Waals surface area contributed by atoms with E-state index < -0.39 is 5.92 Å². The summed E-state index contributed by atoms with van der Waals surface area (Å²) >= 11 is 0. The highest BCUT2D eigenvalue weighted by atomic mass is 19.3. The van der Waals surface area contributed by atoms with Crippen molar-refractivity contribution in [3.8, 4) is 0 Å². The molecule has 3 heterocycles. The van der Waals surface area contributed by atoms with Crippen molar-refractivity contribution in [1.29, 1.82) is 0 Å². The van der Waals surface area contributed by atoms with Gasteiger partial charge in [-0.15, -0.1) is 0 Å². The summed E-state index contributed by atoms with van der Waals surface area (Å²) in [4.78, 5) is 8.22. The molecule has 8 heteroatoms. The number of halogens is 2. The standard InChI is InChI=1S/C19H19F2N5.C4H8.C2H5N/c1-11(16-10-23-18(22)25-12(16)2)14-3-4-26-17(6-14)15(9-24-26)5-13-7-19(20,21)8-13;1-2-4-3-1;1-2-3/h3-4,6,9-10,13H,1,5,7-8H2,2H3,(H2,22,23,25);1-4H2;2H,1,3H2. The highest BCUT2D eigenvalue weighted by Crippen LogP contribution is 2.44. The molecule has 2 saturated carbocycles. The van der Waals surface area contributed by atoms with Gasteiger partial charge in [-0.25, -0.2) is 23.3 Å². The zero-order valence-corrected chi connectivity index (χ0v) is 19.1. The van der Waals surface area contributed by atoms with Gasteiger partial charge in [-0.2, -0.15) is 5.10 Å². The first-order valence-corrected chi connectivity index (χ1v) is 11.2. The summed E-state index contributed by atoms with van der Waals surface area (Å²) < 4.78 is 28.0. The molecule has 4 N–H and O–H groups in total. The fourth-order valence-electron chi connectivity index (χ4n) is 3.80. The molecule has 5 rings (SSSR count). The Morgan fingerprint density at radius 2 is 1.88 bits per heavy atom. The Morgan fingerprint density at radius 1 is 1.24 bits per heavy atom. The van der Waals surface area contributed by atoms with Crippen molar-refractivity contribution in [1.82, 2.24) is 19.6 Å². The molecule has 33 heavy (non-hydrogen) atoms. The van der Waals surface area contributed by atoms with E-state index in [1.165, 1.54) is 31.9 Å². The van der Waals surface area contributed by atoms with Crippen molar-refractivity contribution >= 4 is 17.0 Å². The van der Waals surface area contributed by atoms with Crippen LogP contribution in [0, 0.1) is 12.8 Å². The summed E-state index contributed by atoms with van der Waals surface area (Å²) in [6.45, 7) is 9.16. The zero-order chi connectivity index (χ0) is 24.0. The van der Waals surface area contributed by atoms with Gasteiger partial charge < -0.3 is 11.5 Å². The van der Waals surface area contributed by atoms with Crippen LogP contribution in [0.5, 0.6) is 0 Å². The molecule has 3 aromatic heterocycles. The monoisotopic (exact) mass is 454 g/mol. The third kappa shape index (κ3) is 6.15. The maximum absolute atomic E-state index is 13.1. The van der Waals surface area contributed by atoms with Gasteiger partial charge in [-0.3, -0.25) is 0 Å². The molecule has 0 aliphatic heterocycles. The Balaban J connectivity index is 0.000000380. The molecule has 2 aliphatic carbocycles. The summed E-state index contributed by atoms with van der Waals surface area (Å²) in [5.41, 5.74) is 15.4. The van der Waals surface area contributed by atoms with Gasteiger partial charge >= 0.3 is 0 Å². The number of nitrogen functional groups attached to an aromatic ring is 1. The average Bonchev–Trinajstić information content (AvgIpc) is 3.07. The van der Waals surface area contributed by atoms with Crippen LogP contribution in [0.1, 0.15) is 60.9 Å². The fourth-order valence-corrected chi connectivity index (χ4v) is 3.80. The normalized spacial score (nSPS) is 16.3. The number of nitrogens with zero attached hydrogens (tertiary/aromatic N) is 4. The smallest absolute Gasteiger partial charge is 0.248 e. The van der Waals surface area contributed by atoms with E-state index >= 15 is 0 Å². The molecule has 0 unspecified atom stereocenters. The second-order valence-corrected chi connectivity index (χ2v) is 8.61. The number of rotatable bonds is 4. The molecule has 3 aromatic rings. The third-order valence-corrected chi connectivity index (χ3v) is 5.96. The van der Waals surface area contributed by atoms with Crippen LogP contribution in [0.2, 0.25) is 0 Å². The van der Waals surface area contributed by atoms with E-state index in [4.69, 9.17) is 5.73 Å². The van der Waals surface area contributed by atoms with Crippen molar-refractivity contribution in [3.63, 3.8) is 0 Å². The van der Waals surface area contributed by atoms with Gasteiger partial charge in [0, 0.05) is 30.8 Å². The summed E-state index contributed by atoms with van der Waals surface area (Å²) in [5.74, 6) is -2.26. The number of aromatic nitrogens is 4. The van der Waals surface area contributed by atoms with Crippen LogP contribution in [0.3, 0.4) is 0 Å². The number of aryl methyl sites for hydroxylation is 1. The van der Waals surface area contributed by atoms with E-state index in [2.05, 4.69) is 34.0 Å². The van der Waals surface area contributed by atoms with Crippen molar-refractivity contribution in [2.75, 3.05) is 5.73 Å². The van der Waals surface area contributed by atoms with E-state index in [1.54, 1.807) is 16.9 Å². The lowest BCUT2D eigenvalue weighted by atomic mass is 9.78. The number of hydrogen-bond acceptors (Lipinski definition) is 5. The van der Waals surface area contributed by atoms with Crippen molar-refractivity contribution in [3.05, 3.63) is 72.5 Å². The summed E-state index contributed by atoms with van der Waals surface area (Å²) in [5, 5.41) is 4.33. The van der Waals surface area contributed by atoms with E-state index in [0.717, 1.165) is 33.5 Å². The van der Waals surface area contributed by atoms with Gasteiger partial charge in [-0.1, -0.05) is 38.8 Å². The van der Waals surface area contributed by atoms with Gasteiger partial charge in [0.15, 0.2) is 0 Å². The topological polar surface area (TPSA) is 95.1 Å². The van der Waals surface area contributed by atoms with Gasteiger partial charge in [0.05, 0.1) is 17.4 Å². The Bertz CT molecular complexity index is 1110. The number of anilines is 1. The van der Waals surface area contributed by atoms with Gasteiger partial charge in [0.2, 0.25) is 11.9 Å². The molecular weight excluding hydrogens is 422 g/mol. The number of pyridine rings is 1. The Hall–Kier alpha value is -3.29. The maximum atomic E-state index is 13.1. The fraction of sp³-hybridized carbons (Fsp3) is 0.400. The molecule has 2 fully saturated rings. The molecule has 2 aliphatic rings. The van der Waals surface area contributed by atoms with Gasteiger partial charge in [-0.05, 0) is 54.3 Å². The Kier molecular flexibility index (Phi) is 7.79. The maximum Gasteiger partial charge on any atom is 0.248 e. The number of hydrogen-bond donors (Lipinski definition) is 2. The minimum absolute atomic E-state index is 0.0117. The van der Waals surface area contributed by atoms with Crippen LogP contribution in [0.4, 0.5) is 14.7 Å². The van der Waals surface area contributed by atoms with Crippen LogP contribution >= 0.6 is 0 Å². The van der Waals surface area contributed by atoms with Crippen LogP contribution in [0.15, 0.2) is 50.1 Å². The van der Waals surface area contributed by atoms with E-state index in [-0.39, 0.29) is 24.7 Å². The molecule has 0 radical (unpaired) electrons. The second kappa shape index (κ2) is 10.6. The number of nitrogens with two attached hydrogens (primary N) is 2. The van der Waals surface area contributed by atoms with Gasteiger partial charge in [0.25, 0.3) is 0 Å². The van der Waals surface area contributed by atoms with Crippen LogP contribution in [0.25, 0.3) is 11.1 Å². The molecule has 0 spiro atoms. The highest BCUT2D eigenvalue weighted by molar-refractivity contribution is 5.81. The van der Waals surface area contributed by atoms with Crippen molar-refractivity contribution in [2.45, 2.75) is 57.8 Å². The van der Waals surface area contributed by atoms with E-state index in [1.807, 2.05) is 25.3 Å². The molecule has 0 aromatic carbocycles. The minimum atomic E-state index is -2.50. The first-order valence-electron chi connectivity index (χ1n) is 11.2. The van der Waals surface area contributed by atoms with Crippen LogP contribution in [-0.2, 0) is 6.42 Å². The predicted octanol–water partition coefficient (Wildman–Crippen LogP) is 5.31. The van der Waals surface area contributed by atoms with Crippen LogP contribution < -0.4 is 11.5 Å². The molecular formula is C25H32F2N6. The van der Waals surface area contributed by atoms with Crippen molar-refractivity contribution < 1.29 is 8.78 Å². The third-order valence-electron chi connectivity index (χ3n) is 5.96. The van der Waals surface area contributed by atoms with Crippen LogP contribution in [-0.4, -0.2) is 25.5 Å².